The van der Waals surface area contributed by atoms with Gasteiger partial charge in [0, 0.05) is 22.3 Å². The van der Waals surface area contributed by atoms with Gasteiger partial charge in [-0.2, -0.15) is 0 Å². The van der Waals surface area contributed by atoms with Crippen molar-refractivity contribution in [1.82, 2.24) is 0 Å². The molecule has 3 unspecified atom stereocenters. The van der Waals surface area contributed by atoms with Crippen LogP contribution in [0.1, 0.15) is 95.1 Å². The lowest BCUT2D eigenvalue weighted by Gasteiger charge is -2.65. The minimum absolute atomic E-state index is 0.0566. The van der Waals surface area contributed by atoms with E-state index in [9.17, 15) is 53.7 Å². The predicted molar refractivity (Wildman–Crippen MR) is 203 cm³/mol. The third-order valence-electron chi connectivity index (χ3n) is 12.2. The quantitative estimate of drug-likeness (QED) is 0.0994. The van der Waals surface area contributed by atoms with Crippen LogP contribution < -0.4 is 0 Å². The summed E-state index contributed by atoms with van der Waals surface area (Å²) in [6.45, 7) is 16.4. The summed E-state index contributed by atoms with van der Waals surface area (Å²) in [6, 6.07) is 3.01. The highest BCUT2D eigenvalue weighted by molar-refractivity contribution is 6.33. The number of fused-ring (bicyclic) bond motifs is 3. The zero-order valence-electron chi connectivity index (χ0n) is 33.4. The number of esters is 3. The molecule has 14 heteroatoms. The van der Waals surface area contributed by atoms with E-state index < -0.39 is 110 Å². The lowest BCUT2D eigenvalue weighted by atomic mass is 9.37. The number of ketones is 5. The van der Waals surface area contributed by atoms with Crippen LogP contribution in [-0.4, -0.2) is 93.7 Å². The van der Waals surface area contributed by atoms with Crippen molar-refractivity contribution < 1.29 is 67.9 Å². The second-order valence-corrected chi connectivity index (χ2v) is 16.5. The number of Topliss-reactive ketones (excluding diaryl/α,β-unsaturated/α-hetero) is 5. The Balaban J connectivity index is 1.63. The Bertz CT molecular complexity index is 1910. The number of phenolic OH excluding ortho intramolecular Hbond substituents is 1. The molecule has 0 saturated heterocycles. The molecule has 3 N–H and O–H groups in total. The van der Waals surface area contributed by atoms with Crippen molar-refractivity contribution in [3.63, 3.8) is 0 Å². The van der Waals surface area contributed by atoms with Crippen molar-refractivity contribution in [2.45, 2.75) is 85.4 Å². The minimum atomic E-state index is -3.09. The fraction of sp³-hybridized carbons (Fsp3) is 0.535. The van der Waals surface area contributed by atoms with Gasteiger partial charge in [-0.15, -0.1) is 13.2 Å². The van der Waals surface area contributed by atoms with Crippen molar-refractivity contribution in [1.29, 1.82) is 0 Å². The Kier molecular flexibility index (Phi) is 12.9. The van der Waals surface area contributed by atoms with E-state index >= 15 is 0 Å². The fourth-order valence-corrected chi connectivity index (χ4v) is 9.09. The smallest absolute Gasteiger partial charge is 0.309 e. The van der Waals surface area contributed by atoms with Gasteiger partial charge in [0.25, 0.3) is 0 Å². The summed E-state index contributed by atoms with van der Waals surface area (Å²) in [6.07, 6.45) is 3.20. The number of hydrogen-bond donors (Lipinski definition) is 3. The highest BCUT2D eigenvalue weighted by Gasteiger charge is 2.80. The molecule has 1 aromatic carbocycles. The van der Waals surface area contributed by atoms with Gasteiger partial charge in [-0.3, -0.25) is 38.4 Å². The maximum atomic E-state index is 14.6. The fourth-order valence-electron chi connectivity index (χ4n) is 9.09. The number of benzene rings is 1. The largest absolute Gasteiger partial charge is 0.507 e. The Labute approximate surface area is 331 Å². The van der Waals surface area contributed by atoms with Crippen LogP contribution in [0.3, 0.4) is 0 Å². The SMILES string of the molecule is C=CCC(=O)OCC(C)(COC(=O)CC=C)COC(=O)C/C=C/c1ccc2c(c1O)C(=O)C1C(=O)[C@@]3(O)C(=O)C(C(C)=O)C(=O)C(C(C)C)[C@@]3(C)[C@H](O)[C@@]1(C)[C@@H]2C. The Morgan fingerprint density at radius 1 is 0.895 bits per heavy atom. The van der Waals surface area contributed by atoms with Crippen LogP contribution in [0.15, 0.2) is 43.5 Å². The molecule has 0 heterocycles. The summed E-state index contributed by atoms with van der Waals surface area (Å²) in [5.74, 6) is -14.3. The summed E-state index contributed by atoms with van der Waals surface area (Å²) in [7, 11) is 0. The van der Waals surface area contributed by atoms with Crippen LogP contribution in [0.25, 0.3) is 6.08 Å². The molecule has 0 bridgehead atoms. The van der Waals surface area contributed by atoms with Gasteiger partial charge in [-0.25, -0.2) is 0 Å². The first-order chi connectivity index (χ1) is 26.5. The first-order valence-electron chi connectivity index (χ1n) is 18.8. The van der Waals surface area contributed by atoms with Crippen molar-refractivity contribution in [2.24, 2.45) is 39.9 Å². The summed E-state index contributed by atoms with van der Waals surface area (Å²) >= 11 is 0. The van der Waals surface area contributed by atoms with E-state index in [-0.39, 0.29) is 55.8 Å². The van der Waals surface area contributed by atoms with E-state index in [0.717, 1.165) is 6.92 Å². The van der Waals surface area contributed by atoms with Gasteiger partial charge < -0.3 is 29.5 Å². The van der Waals surface area contributed by atoms with Crippen molar-refractivity contribution >= 4 is 52.9 Å². The molecular formula is C43H52O14. The Hall–Kier alpha value is -5.08. The molecule has 2 saturated carbocycles. The number of aliphatic hydroxyl groups excluding tert-OH is 1. The zero-order chi connectivity index (χ0) is 43.0. The molecule has 3 aliphatic carbocycles. The second-order valence-electron chi connectivity index (χ2n) is 16.5. The first kappa shape index (κ1) is 44.6. The molecular weight excluding hydrogens is 740 g/mol. The van der Waals surface area contributed by atoms with Gasteiger partial charge in [-0.05, 0) is 31.2 Å². The van der Waals surface area contributed by atoms with E-state index in [1.807, 2.05) is 0 Å². The minimum Gasteiger partial charge on any atom is -0.507 e. The topological polar surface area (TPSA) is 225 Å². The Morgan fingerprint density at radius 2 is 1.40 bits per heavy atom. The summed E-state index contributed by atoms with van der Waals surface area (Å²) in [5.41, 5.74) is -7.92. The second kappa shape index (κ2) is 16.4. The molecule has 3 aliphatic rings. The first-order valence-corrected chi connectivity index (χ1v) is 18.8. The van der Waals surface area contributed by atoms with Gasteiger partial charge in [0.1, 0.15) is 37.3 Å². The molecule has 0 amide bonds. The predicted octanol–water partition coefficient (Wildman–Crippen LogP) is 3.82. The van der Waals surface area contributed by atoms with Crippen LogP contribution in [-0.2, 0) is 47.8 Å². The summed E-state index contributed by atoms with van der Waals surface area (Å²) < 4.78 is 15.9. The van der Waals surface area contributed by atoms with E-state index in [1.54, 1.807) is 27.7 Å². The van der Waals surface area contributed by atoms with E-state index in [4.69, 9.17) is 14.2 Å². The number of ether oxygens (including phenoxy) is 3. The summed E-state index contributed by atoms with van der Waals surface area (Å²) in [4.78, 5) is 106. The molecule has 0 aromatic heterocycles. The van der Waals surface area contributed by atoms with Gasteiger partial charge in [0.15, 0.2) is 28.7 Å². The molecule has 0 aliphatic heterocycles. The van der Waals surface area contributed by atoms with Gasteiger partial charge in [0.05, 0.1) is 42.3 Å². The number of carbonyl (C=O) groups excluding carboxylic acids is 8. The van der Waals surface area contributed by atoms with Gasteiger partial charge in [0.2, 0.25) is 0 Å². The highest BCUT2D eigenvalue weighted by atomic mass is 16.6. The van der Waals surface area contributed by atoms with Gasteiger partial charge >= 0.3 is 17.9 Å². The van der Waals surface area contributed by atoms with Crippen molar-refractivity contribution in [2.75, 3.05) is 19.8 Å². The molecule has 4 rings (SSSR count). The highest BCUT2D eigenvalue weighted by Crippen LogP contribution is 2.66. The van der Waals surface area contributed by atoms with E-state index in [2.05, 4.69) is 13.2 Å². The standard InChI is InChI=1S/C43H52O14/c1-10-13-27(45)55-19-40(7,20-56-28(46)14-11-2)21-57-29(47)16-12-15-25-17-18-26-23(5)41(8)33(36(50)31(26)34(25)48)38(52)43(54)37(51)30(24(6)44)35(49)32(22(3)4)42(43,9)39(41)53/h10-12,15,17-18,22-23,30,32-33,39,48,53-54H,1-2,13-14,16,19-21H2,3-9H3/b15-12+/t23-,30?,32?,33?,39-,41+,42+,43+/m1/s1. The molecule has 308 valence electrons. The average molecular weight is 793 g/mol. The maximum Gasteiger partial charge on any atom is 0.309 e. The lowest BCUT2D eigenvalue weighted by molar-refractivity contribution is -0.240. The molecule has 0 spiro atoms. The molecule has 1 aromatic rings. The number of aliphatic hydroxyl groups is 2. The van der Waals surface area contributed by atoms with Crippen LogP contribution in [0.4, 0.5) is 0 Å². The van der Waals surface area contributed by atoms with Gasteiger partial charge in [-0.1, -0.05) is 71.1 Å². The van der Waals surface area contributed by atoms with Crippen LogP contribution in [0.5, 0.6) is 5.75 Å². The summed E-state index contributed by atoms with van der Waals surface area (Å²) in [5, 5.41) is 36.1. The lowest BCUT2D eigenvalue weighted by Crippen LogP contribution is -2.81. The van der Waals surface area contributed by atoms with Crippen molar-refractivity contribution in [3.05, 3.63) is 60.2 Å². The number of hydrogen-bond acceptors (Lipinski definition) is 14. The molecule has 8 atom stereocenters. The molecule has 0 radical (unpaired) electrons. The third-order valence-corrected chi connectivity index (χ3v) is 12.2. The van der Waals surface area contributed by atoms with Crippen LogP contribution in [0, 0.1) is 39.9 Å². The van der Waals surface area contributed by atoms with Crippen molar-refractivity contribution in [3.8, 4) is 5.75 Å². The van der Waals surface area contributed by atoms with Crippen LogP contribution in [0.2, 0.25) is 0 Å². The zero-order valence-corrected chi connectivity index (χ0v) is 33.4. The third kappa shape index (κ3) is 7.33. The number of rotatable bonds is 15. The van der Waals surface area contributed by atoms with E-state index in [1.165, 1.54) is 50.3 Å². The van der Waals surface area contributed by atoms with E-state index in [0.29, 0.717) is 0 Å². The molecule has 57 heavy (non-hydrogen) atoms. The number of carbonyl (C=O) groups is 8. The Morgan fingerprint density at radius 3 is 1.88 bits per heavy atom. The molecule has 2 fully saturated rings. The maximum absolute atomic E-state index is 14.6. The molecule has 14 nitrogen and oxygen atoms in total. The average Bonchev–Trinajstić information content (AvgIpc) is 3.13. The van der Waals surface area contributed by atoms with Crippen LogP contribution >= 0.6 is 0 Å². The number of aromatic hydroxyl groups is 1. The normalized spacial score (nSPS) is 29.6. The monoisotopic (exact) mass is 792 g/mol. The number of phenols is 1.